The van der Waals surface area contributed by atoms with Gasteiger partial charge in [0.05, 0.1) is 17.2 Å². The second kappa shape index (κ2) is 5.30. The van der Waals surface area contributed by atoms with Crippen LogP contribution < -0.4 is 0 Å². The Balaban J connectivity index is 2.32. The molecule has 0 unspecified atom stereocenters. The highest BCUT2D eigenvalue weighted by Gasteiger charge is 1.93. The maximum absolute atomic E-state index is 8.77. The third kappa shape index (κ3) is 2.73. The zero-order valence-corrected chi connectivity index (χ0v) is 9.38. The van der Waals surface area contributed by atoms with Crippen molar-refractivity contribution in [2.75, 3.05) is 0 Å². The van der Waals surface area contributed by atoms with E-state index in [9.17, 15) is 0 Å². The van der Waals surface area contributed by atoms with Gasteiger partial charge in [-0.05, 0) is 24.3 Å². The molecule has 0 N–H and O–H groups in total. The summed E-state index contributed by atoms with van der Waals surface area (Å²) in [5.41, 5.74) is 2.49. The van der Waals surface area contributed by atoms with Gasteiger partial charge >= 0.3 is 0 Å². The number of benzene rings is 1. The SMILES string of the molecule is N#Cc1cccc(C#Cc2cncc(C#N)c2)c1. The Kier molecular flexibility index (Phi) is 3.36. The van der Waals surface area contributed by atoms with Gasteiger partial charge in [0.25, 0.3) is 0 Å². The van der Waals surface area contributed by atoms with Crippen molar-refractivity contribution >= 4 is 0 Å². The second-order valence-electron chi connectivity index (χ2n) is 3.52. The standard InChI is InChI=1S/C15H7N3/c16-8-13-3-1-2-12(6-13)4-5-14-7-15(9-17)11-18-10-14/h1-3,6-7,10-11H. The minimum atomic E-state index is 0.479. The topological polar surface area (TPSA) is 60.5 Å². The number of rotatable bonds is 0. The average molecular weight is 229 g/mol. The predicted molar refractivity (Wildman–Crippen MR) is 66.1 cm³/mol. The first-order chi connectivity index (χ1) is 8.81. The molecule has 82 valence electrons. The molecule has 0 spiro atoms. The van der Waals surface area contributed by atoms with Gasteiger partial charge < -0.3 is 0 Å². The minimum Gasteiger partial charge on any atom is -0.262 e. The summed E-state index contributed by atoms with van der Waals surface area (Å²) >= 11 is 0. The number of pyridine rings is 1. The van der Waals surface area contributed by atoms with E-state index in [2.05, 4.69) is 22.9 Å². The van der Waals surface area contributed by atoms with Crippen LogP contribution in [0.1, 0.15) is 22.3 Å². The molecule has 0 bridgehead atoms. The van der Waals surface area contributed by atoms with Crippen LogP contribution in [0.25, 0.3) is 0 Å². The number of hydrogen-bond donors (Lipinski definition) is 0. The maximum Gasteiger partial charge on any atom is 0.101 e. The summed E-state index contributed by atoms with van der Waals surface area (Å²) in [6, 6.07) is 12.8. The van der Waals surface area contributed by atoms with Gasteiger partial charge in [-0.15, -0.1) is 0 Å². The lowest BCUT2D eigenvalue weighted by Gasteiger charge is -1.92. The molecule has 0 aliphatic heterocycles. The van der Waals surface area contributed by atoms with Crippen LogP contribution in [0.2, 0.25) is 0 Å². The molecule has 3 heteroatoms. The summed E-state index contributed by atoms with van der Waals surface area (Å²) in [7, 11) is 0. The van der Waals surface area contributed by atoms with E-state index in [0.29, 0.717) is 16.7 Å². The fourth-order valence-corrected chi connectivity index (χ4v) is 1.38. The average Bonchev–Trinajstić information content (AvgIpc) is 2.45. The summed E-state index contributed by atoms with van der Waals surface area (Å²) < 4.78 is 0. The molecule has 1 heterocycles. The molecule has 0 aliphatic rings. The highest BCUT2D eigenvalue weighted by Crippen LogP contribution is 2.04. The van der Waals surface area contributed by atoms with E-state index in [4.69, 9.17) is 10.5 Å². The number of nitrogens with zero attached hydrogens (tertiary/aromatic N) is 3. The Bertz CT molecular complexity index is 660. The van der Waals surface area contributed by atoms with Crippen LogP contribution in [-0.2, 0) is 0 Å². The van der Waals surface area contributed by atoms with Gasteiger partial charge in [-0.3, -0.25) is 4.98 Å². The van der Waals surface area contributed by atoms with Crippen molar-refractivity contribution in [2.24, 2.45) is 0 Å². The molecule has 0 radical (unpaired) electrons. The molecule has 1 aromatic heterocycles. The molecule has 3 nitrogen and oxygen atoms in total. The van der Waals surface area contributed by atoms with E-state index >= 15 is 0 Å². The van der Waals surface area contributed by atoms with Crippen LogP contribution in [0, 0.1) is 34.5 Å². The van der Waals surface area contributed by atoms with E-state index in [0.717, 1.165) is 5.56 Å². The monoisotopic (exact) mass is 229 g/mol. The van der Waals surface area contributed by atoms with Gasteiger partial charge in [-0.2, -0.15) is 10.5 Å². The zero-order valence-electron chi connectivity index (χ0n) is 9.38. The van der Waals surface area contributed by atoms with Crippen molar-refractivity contribution in [3.8, 4) is 24.0 Å². The van der Waals surface area contributed by atoms with Crippen LogP contribution in [0.3, 0.4) is 0 Å². The number of hydrogen-bond acceptors (Lipinski definition) is 3. The quantitative estimate of drug-likeness (QED) is 0.651. The van der Waals surface area contributed by atoms with Crippen LogP contribution in [0.5, 0.6) is 0 Å². The van der Waals surface area contributed by atoms with Crippen LogP contribution in [-0.4, -0.2) is 4.98 Å². The minimum absolute atomic E-state index is 0.479. The fourth-order valence-electron chi connectivity index (χ4n) is 1.38. The van der Waals surface area contributed by atoms with Crippen molar-refractivity contribution in [1.82, 2.24) is 4.98 Å². The van der Waals surface area contributed by atoms with Crippen LogP contribution in [0.15, 0.2) is 42.7 Å². The van der Waals surface area contributed by atoms with E-state index in [1.165, 1.54) is 6.20 Å². The largest absolute Gasteiger partial charge is 0.262 e. The van der Waals surface area contributed by atoms with Crippen molar-refractivity contribution in [1.29, 1.82) is 10.5 Å². The third-order valence-electron chi connectivity index (χ3n) is 2.21. The molecular weight excluding hydrogens is 222 g/mol. The number of aromatic nitrogens is 1. The summed E-state index contributed by atoms with van der Waals surface area (Å²) in [6.45, 7) is 0. The smallest absolute Gasteiger partial charge is 0.101 e. The first-order valence-corrected chi connectivity index (χ1v) is 5.19. The molecule has 0 fully saturated rings. The Hall–Kier alpha value is -3.09. The van der Waals surface area contributed by atoms with Crippen molar-refractivity contribution in [3.63, 3.8) is 0 Å². The predicted octanol–water partition coefficient (Wildman–Crippen LogP) is 2.22. The normalized spacial score (nSPS) is 8.56. The van der Waals surface area contributed by atoms with Crippen molar-refractivity contribution in [3.05, 3.63) is 65.0 Å². The van der Waals surface area contributed by atoms with Gasteiger partial charge in [0.2, 0.25) is 0 Å². The highest BCUT2D eigenvalue weighted by molar-refractivity contribution is 5.46. The molecular formula is C15H7N3. The lowest BCUT2D eigenvalue weighted by atomic mass is 10.1. The van der Waals surface area contributed by atoms with Crippen LogP contribution in [0.4, 0.5) is 0 Å². The van der Waals surface area contributed by atoms with Crippen LogP contribution >= 0.6 is 0 Å². The summed E-state index contributed by atoms with van der Waals surface area (Å²) in [5, 5.41) is 17.5. The summed E-state index contributed by atoms with van der Waals surface area (Å²) in [6.07, 6.45) is 3.09. The second-order valence-corrected chi connectivity index (χ2v) is 3.52. The van der Waals surface area contributed by atoms with Gasteiger partial charge in [0.15, 0.2) is 0 Å². The van der Waals surface area contributed by atoms with E-state index < -0.39 is 0 Å². The maximum atomic E-state index is 8.77. The first kappa shape index (κ1) is 11.4. The number of nitriles is 2. The molecule has 2 aromatic rings. The summed E-state index contributed by atoms with van der Waals surface area (Å²) in [5.74, 6) is 5.85. The van der Waals surface area contributed by atoms with Crippen molar-refractivity contribution < 1.29 is 0 Å². The Morgan fingerprint density at radius 1 is 0.778 bits per heavy atom. The molecule has 2 rings (SSSR count). The first-order valence-electron chi connectivity index (χ1n) is 5.19. The van der Waals surface area contributed by atoms with Crippen molar-refractivity contribution in [2.45, 2.75) is 0 Å². The molecule has 0 amide bonds. The summed E-state index contributed by atoms with van der Waals surface area (Å²) in [4.78, 5) is 3.92. The Morgan fingerprint density at radius 2 is 1.39 bits per heavy atom. The Labute approximate surface area is 105 Å². The van der Waals surface area contributed by atoms with E-state index in [1.54, 1.807) is 30.5 Å². The van der Waals surface area contributed by atoms with Gasteiger partial charge in [0.1, 0.15) is 6.07 Å². The highest BCUT2D eigenvalue weighted by atomic mass is 14.6. The van der Waals surface area contributed by atoms with Gasteiger partial charge in [-0.1, -0.05) is 17.9 Å². The van der Waals surface area contributed by atoms with E-state index in [-0.39, 0.29) is 0 Å². The lowest BCUT2D eigenvalue weighted by Crippen LogP contribution is -1.82. The molecule has 1 aromatic carbocycles. The van der Waals surface area contributed by atoms with E-state index in [1.807, 2.05) is 12.1 Å². The molecule has 0 saturated heterocycles. The fraction of sp³-hybridized carbons (Fsp3) is 0. The Morgan fingerprint density at radius 3 is 2.17 bits per heavy atom. The molecule has 18 heavy (non-hydrogen) atoms. The molecule has 0 saturated carbocycles. The van der Waals surface area contributed by atoms with Gasteiger partial charge in [-0.25, -0.2) is 0 Å². The molecule has 0 aliphatic carbocycles. The third-order valence-corrected chi connectivity index (χ3v) is 2.21. The molecule has 0 atom stereocenters. The zero-order chi connectivity index (χ0) is 12.8. The lowest BCUT2D eigenvalue weighted by molar-refractivity contribution is 1.29. The van der Waals surface area contributed by atoms with Gasteiger partial charge in [0, 0.05) is 23.5 Å².